The number of likely N-dealkylation sites (N-methyl/N-ethyl adjacent to an activating group) is 2. The Morgan fingerprint density at radius 3 is 2.31 bits per heavy atom. The van der Waals surface area contributed by atoms with Crippen molar-refractivity contribution in [2.45, 2.75) is 13.8 Å². The van der Waals surface area contributed by atoms with Crippen LogP contribution in [0.25, 0.3) is 0 Å². The lowest BCUT2D eigenvalue weighted by atomic mass is 10.2. The number of rotatable bonds is 15. The maximum Gasteiger partial charge on any atom is 0.294 e. The molecule has 0 saturated carbocycles. The van der Waals surface area contributed by atoms with Crippen LogP contribution in [-0.4, -0.2) is 66.3 Å². The van der Waals surface area contributed by atoms with Gasteiger partial charge in [0.1, 0.15) is 29.4 Å². The Morgan fingerprint density at radius 1 is 1.03 bits per heavy atom. The number of anilines is 6. The number of allylic oxidation sites excluding steroid dienone is 1. The van der Waals surface area contributed by atoms with Crippen LogP contribution in [-0.2, 0) is 0 Å². The summed E-state index contributed by atoms with van der Waals surface area (Å²) < 4.78 is 5.59. The number of nitro groups is 1. The van der Waals surface area contributed by atoms with Crippen molar-refractivity contribution in [2.24, 2.45) is 0 Å². The molecule has 0 spiro atoms. The molecule has 206 valence electrons. The largest absolute Gasteiger partial charge is 0.494 e. The molecule has 1 heterocycles. The van der Waals surface area contributed by atoms with Crippen molar-refractivity contribution in [3.8, 4) is 5.75 Å². The van der Waals surface area contributed by atoms with Crippen molar-refractivity contribution in [1.82, 2.24) is 14.9 Å². The van der Waals surface area contributed by atoms with Crippen molar-refractivity contribution in [3.05, 3.63) is 71.2 Å². The summed E-state index contributed by atoms with van der Waals surface area (Å²) in [6.07, 6.45) is 5.81. The summed E-state index contributed by atoms with van der Waals surface area (Å²) in [5.74, 6) is 1.39. The molecule has 12 nitrogen and oxygen atoms in total. The van der Waals surface area contributed by atoms with Gasteiger partial charge in [-0.3, -0.25) is 10.1 Å². The number of nitrogens with one attached hydrogen (secondary N) is 4. The van der Waals surface area contributed by atoms with Gasteiger partial charge in [0.2, 0.25) is 0 Å². The van der Waals surface area contributed by atoms with Crippen LogP contribution in [0.4, 0.5) is 40.1 Å². The molecule has 0 aliphatic heterocycles. The van der Waals surface area contributed by atoms with E-state index in [0.717, 1.165) is 31.0 Å². The lowest BCUT2D eigenvalue weighted by molar-refractivity contribution is -0.384. The van der Waals surface area contributed by atoms with E-state index in [0.29, 0.717) is 35.3 Å². The van der Waals surface area contributed by atoms with Gasteiger partial charge in [-0.25, -0.2) is 9.97 Å². The molecule has 3 aromatic rings. The standard InChI is InChI=1S/C27H35N9O3/c1-5-35(6-2)15-14-34(3)23-17-25(39-4)22(16-24(23)36(37)38)33-27-18-26(30-19-31-27)32-21-11-8-7-10-20(21)29-13-9-12-28/h7-13,16-19,28-29H,5-6,14-15H2,1-4H3,(H2,30,31,32,33)/b13-9-,28-12?. The van der Waals surface area contributed by atoms with E-state index in [1.54, 1.807) is 24.4 Å². The Kier molecular flexibility index (Phi) is 10.6. The fourth-order valence-corrected chi connectivity index (χ4v) is 3.90. The van der Waals surface area contributed by atoms with Crippen molar-refractivity contribution < 1.29 is 9.66 Å². The van der Waals surface area contributed by atoms with Gasteiger partial charge in [0.05, 0.1) is 29.1 Å². The number of aromatic nitrogens is 2. The molecule has 1 aromatic heterocycles. The zero-order valence-electron chi connectivity index (χ0n) is 22.6. The van der Waals surface area contributed by atoms with E-state index in [-0.39, 0.29) is 5.69 Å². The molecule has 39 heavy (non-hydrogen) atoms. The molecule has 0 aliphatic rings. The van der Waals surface area contributed by atoms with Gasteiger partial charge in [0.15, 0.2) is 0 Å². The molecule has 0 fully saturated rings. The van der Waals surface area contributed by atoms with E-state index >= 15 is 0 Å². The second-order valence-corrected chi connectivity index (χ2v) is 8.50. The van der Waals surface area contributed by atoms with E-state index in [2.05, 4.69) is 44.7 Å². The van der Waals surface area contributed by atoms with Crippen LogP contribution in [0.5, 0.6) is 5.75 Å². The highest BCUT2D eigenvalue weighted by Crippen LogP contribution is 2.39. The highest BCUT2D eigenvalue weighted by molar-refractivity contribution is 5.79. The first-order valence-electron chi connectivity index (χ1n) is 12.6. The Hall–Kier alpha value is -4.71. The molecule has 0 unspecified atom stereocenters. The number of benzene rings is 2. The third-order valence-corrected chi connectivity index (χ3v) is 6.10. The summed E-state index contributed by atoms with van der Waals surface area (Å²) in [6.45, 7) is 7.44. The smallest absolute Gasteiger partial charge is 0.294 e. The van der Waals surface area contributed by atoms with Crippen LogP contribution in [0, 0.1) is 15.5 Å². The lowest BCUT2D eigenvalue weighted by Crippen LogP contribution is -2.33. The normalized spacial score (nSPS) is 10.9. The quantitative estimate of drug-likeness (QED) is 0.116. The van der Waals surface area contributed by atoms with E-state index in [1.165, 1.54) is 25.7 Å². The van der Waals surface area contributed by atoms with Crippen LogP contribution in [0.1, 0.15) is 13.8 Å². The van der Waals surface area contributed by atoms with E-state index in [9.17, 15) is 10.1 Å². The van der Waals surface area contributed by atoms with Crippen LogP contribution in [0.15, 0.2) is 61.1 Å². The molecule has 0 saturated heterocycles. The average molecular weight is 534 g/mol. The maximum atomic E-state index is 12.0. The summed E-state index contributed by atoms with van der Waals surface area (Å²) in [5, 5.41) is 28.6. The van der Waals surface area contributed by atoms with Gasteiger partial charge in [-0.1, -0.05) is 26.0 Å². The van der Waals surface area contributed by atoms with Crippen molar-refractivity contribution in [3.63, 3.8) is 0 Å². The van der Waals surface area contributed by atoms with Crippen molar-refractivity contribution in [1.29, 1.82) is 5.41 Å². The zero-order chi connectivity index (χ0) is 28.2. The summed E-state index contributed by atoms with van der Waals surface area (Å²) in [5.41, 5.74) is 2.41. The first-order valence-corrected chi connectivity index (χ1v) is 12.6. The maximum absolute atomic E-state index is 12.0. The third-order valence-electron chi connectivity index (χ3n) is 6.10. The number of ether oxygens (including phenoxy) is 1. The highest BCUT2D eigenvalue weighted by Gasteiger charge is 2.22. The van der Waals surface area contributed by atoms with Crippen LogP contribution in [0.2, 0.25) is 0 Å². The second-order valence-electron chi connectivity index (χ2n) is 8.50. The Balaban J connectivity index is 1.85. The average Bonchev–Trinajstić information content (AvgIpc) is 2.94. The fraction of sp³-hybridized carbons (Fsp3) is 0.296. The zero-order valence-corrected chi connectivity index (χ0v) is 22.6. The molecule has 0 radical (unpaired) electrons. The van der Waals surface area contributed by atoms with Gasteiger partial charge in [-0.15, -0.1) is 0 Å². The number of nitro benzene ring substituents is 1. The lowest BCUT2D eigenvalue weighted by Gasteiger charge is -2.25. The molecule has 0 atom stereocenters. The molecule has 0 bridgehead atoms. The number of hydrogen-bond acceptors (Lipinski definition) is 11. The summed E-state index contributed by atoms with van der Waals surface area (Å²) in [7, 11) is 3.37. The molecular weight excluding hydrogens is 498 g/mol. The van der Waals surface area contributed by atoms with Gasteiger partial charge in [0, 0.05) is 50.8 Å². The van der Waals surface area contributed by atoms with E-state index in [4.69, 9.17) is 10.1 Å². The van der Waals surface area contributed by atoms with Crippen LogP contribution >= 0.6 is 0 Å². The molecular formula is C27H35N9O3. The van der Waals surface area contributed by atoms with Gasteiger partial charge in [0.25, 0.3) is 5.69 Å². The Bertz CT molecular complexity index is 1300. The first-order chi connectivity index (χ1) is 18.9. The predicted molar refractivity (Wildman–Crippen MR) is 157 cm³/mol. The second kappa shape index (κ2) is 14.3. The molecule has 3 rings (SSSR count). The third kappa shape index (κ3) is 7.89. The van der Waals surface area contributed by atoms with Crippen LogP contribution in [0.3, 0.4) is 0 Å². The fourth-order valence-electron chi connectivity index (χ4n) is 3.90. The van der Waals surface area contributed by atoms with Crippen molar-refractivity contribution >= 4 is 46.3 Å². The SMILES string of the molecule is CCN(CC)CCN(C)c1cc(OC)c(Nc2cc(Nc3ccccc3N/C=C\C=N)ncn2)cc1[N+](=O)[O-]. The summed E-state index contributed by atoms with van der Waals surface area (Å²) >= 11 is 0. The number of nitrogens with zero attached hydrogens (tertiary/aromatic N) is 5. The Morgan fingerprint density at radius 2 is 1.69 bits per heavy atom. The molecule has 0 amide bonds. The highest BCUT2D eigenvalue weighted by atomic mass is 16.6. The van der Waals surface area contributed by atoms with E-state index < -0.39 is 4.92 Å². The number of methoxy groups -OCH3 is 1. The first kappa shape index (κ1) is 28.9. The monoisotopic (exact) mass is 533 g/mol. The minimum Gasteiger partial charge on any atom is -0.494 e. The summed E-state index contributed by atoms with van der Waals surface area (Å²) in [4.78, 5) is 24.3. The number of para-hydroxylation sites is 2. The Labute approximate surface area is 228 Å². The minimum atomic E-state index is -0.391. The molecule has 4 N–H and O–H groups in total. The van der Waals surface area contributed by atoms with Crippen LogP contribution < -0.4 is 25.6 Å². The van der Waals surface area contributed by atoms with Gasteiger partial charge in [-0.05, 0) is 31.3 Å². The molecule has 0 aliphatic carbocycles. The molecule has 12 heteroatoms. The van der Waals surface area contributed by atoms with E-state index in [1.807, 2.05) is 36.2 Å². The topological polar surface area (TPSA) is 145 Å². The van der Waals surface area contributed by atoms with Gasteiger partial charge < -0.3 is 35.9 Å². The van der Waals surface area contributed by atoms with Crippen molar-refractivity contribution in [2.75, 3.05) is 61.2 Å². The summed E-state index contributed by atoms with van der Waals surface area (Å²) in [6, 6.07) is 12.4. The molecule has 2 aromatic carbocycles. The number of hydrogen-bond donors (Lipinski definition) is 4. The minimum absolute atomic E-state index is 0.0364. The predicted octanol–water partition coefficient (Wildman–Crippen LogP) is 5.23. The van der Waals surface area contributed by atoms with Gasteiger partial charge in [-0.2, -0.15) is 0 Å². The van der Waals surface area contributed by atoms with Gasteiger partial charge >= 0.3 is 0 Å².